The third-order valence-electron chi connectivity index (χ3n) is 5.57. The SMILES string of the molecule is CC[C@]1(C(=O)O)CCCN(C(=O)CCC(=O)N2CCCCCC2)C1. The molecule has 136 valence electrons. The van der Waals surface area contributed by atoms with Crippen molar-refractivity contribution < 1.29 is 19.5 Å². The van der Waals surface area contributed by atoms with Crippen LogP contribution in [0, 0.1) is 5.41 Å². The smallest absolute Gasteiger partial charge is 0.311 e. The second-order valence-electron chi connectivity index (χ2n) is 7.15. The first kappa shape index (κ1) is 18.7. The van der Waals surface area contributed by atoms with E-state index >= 15 is 0 Å². The van der Waals surface area contributed by atoms with Crippen molar-refractivity contribution >= 4 is 17.8 Å². The van der Waals surface area contributed by atoms with Crippen LogP contribution in [0.4, 0.5) is 0 Å². The molecule has 6 nitrogen and oxygen atoms in total. The molecule has 24 heavy (non-hydrogen) atoms. The molecule has 2 aliphatic rings. The molecule has 0 aromatic carbocycles. The summed E-state index contributed by atoms with van der Waals surface area (Å²) in [6.07, 6.45) is 6.72. The number of carbonyl (C=O) groups excluding carboxylic acids is 2. The summed E-state index contributed by atoms with van der Waals surface area (Å²) in [6, 6.07) is 0. The van der Waals surface area contributed by atoms with E-state index in [-0.39, 0.29) is 31.2 Å². The zero-order chi connectivity index (χ0) is 17.6. The predicted molar refractivity (Wildman–Crippen MR) is 90.5 cm³/mol. The highest BCUT2D eigenvalue weighted by molar-refractivity contribution is 5.84. The molecule has 2 rings (SSSR count). The molecule has 0 unspecified atom stereocenters. The largest absolute Gasteiger partial charge is 0.481 e. The first-order chi connectivity index (χ1) is 11.5. The van der Waals surface area contributed by atoms with Gasteiger partial charge in [0.1, 0.15) is 0 Å². The van der Waals surface area contributed by atoms with E-state index in [9.17, 15) is 19.5 Å². The number of carbonyl (C=O) groups is 3. The van der Waals surface area contributed by atoms with Crippen LogP contribution in [0.15, 0.2) is 0 Å². The van der Waals surface area contributed by atoms with E-state index in [1.165, 1.54) is 12.8 Å². The van der Waals surface area contributed by atoms with Gasteiger partial charge < -0.3 is 14.9 Å². The molecule has 1 atom stereocenters. The van der Waals surface area contributed by atoms with Gasteiger partial charge in [0, 0.05) is 39.0 Å². The first-order valence-electron chi connectivity index (χ1n) is 9.27. The normalized spacial score (nSPS) is 25.2. The van der Waals surface area contributed by atoms with Crippen molar-refractivity contribution in [2.24, 2.45) is 5.41 Å². The van der Waals surface area contributed by atoms with Crippen molar-refractivity contribution in [2.75, 3.05) is 26.2 Å². The maximum Gasteiger partial charge on any atom is 0.311 e. The highest BCUT2D eigenvalue weighted by Crippen LogP contribution is 2.34. The minimum Gasteiger partial charge on any atom is -0.481 e. The quantitative estimate of drug-likeness (QED) is 0.834. The summed E-state index contributed by atoms with van der Waals surface area (Å²) in [6.45, 7) is 4.34. The molecular weight excluding hydrogens is 308 g/mol. The zero-order valence-corrected chi connectivity index (χ0v) is 14.8. The maximum atomic E-state index is 12.4. The van der Waals surface area contributed by atoms with Crippen LogP contribution in [0.25, 0.3) is 0 Å². The van der Waals surface area contributed by atoms with E-state index < -0.39 is 11.4 Å². The van der Waals surface area contributed by atoms with Crippen LogP contribution in [-0.4, -0.2) is 58.9 Å². The summed E-state index contributed by atoms with van der Waals surface area (Å²) in [7, 11) is 0. The van der Waals surface area contributed by atoms with Crippen molar-refractivity contribution in [2.45, 2.75) is 64.7 Å². The summed E-state index contributed by atoms with van der Waals surface area (Å²) in [5.41, 5.74) is -0.817. The summed E-state index contributed by atoms with van der Waals surface area (Å²) in [5.74, 6) is -0.845. The Morgan fingerprint density at radius 2 is 1.42 bits per heavy atom. The molecular formula is C18H30N2O4. The lowest BCUT2D eigenvalue weighted by Crippen LogP contribution is -2.49. The zero-order valence-electron chi connectivity index (χ0n) is 14.8. The van der Waals surface area contributed by atoms with E-state index in [1.807, 2.05) is 11.8 Å². The summed E-state index contributed by atoms with van der Waals surface area (Å²) in [4.78, 5) is 39.8. The molecule has 0 bridgehead atoms. The van der Waals surface area contributed by atoms with Crippen molar-refractivity contribution in [3.63, 3.8) is 0 Å². The van der Waals surface area contributed by atoms with Gasteiger partial charge >= 0.3 is 5.97 Å². The van der Waals surface area contributed by atoms with Crippen molar-refractivity contribution in [1.82, 2.24) is 9.80 Å². The minimum atomic E-state index is -0.817. The number of hydrogen-bond donors (Lipinski definition) is 1. The molecule has 2 heterocycles. The molecule has 2 fully saturated rings. The van der Waals surface area contributed by atoms with Gasteiger partial charge in [-0.15, -0.1) is 0 Å². The van der Waals surface area contributed by atoms with Gasteiger partial charge in [-0.1, -0.05) is 19.8 Å². The third kappa shape index (κ3) is 4.48. The number of aliphatic carboxylic acids is 1. The minimum absolute atomic E-state index is 0.0576. The first-order valence-corrected chi connectivity index (χ1v) is 9.27. The summed E-state index contributed by atoms with van der Waals surface area (Å²) in [5, 5.41) is 9.50. The van der Waals surface area contributed by atoms with Crippen LogP contribution < -0.4 is 0 Å². The van der Waals surface area contributed by atoms with Gasteiger partial charge in [-0.05, 0) is 32.1 Å². The number of carboxylic acid groups (broad SMARTS) is 1. The van der Waals surface area contributed by atoms with Crippen molar-refractivity contribution in [3.05, 3.63) is 0 Å². The van der Waals surface area contributed by atoms with E-state index in [2.05, 4.69) is 0 Å². The number of amides is 2. The fourth-order valence-corrected chi connectivity index (χ4v) is 3.81. The molecule has 0 aromatic heterocycles. The number of rotatable bonds is 5. The van der Waals surface area contributed by atoms with Crippen LogP contribution in [0.1, 0.15) is 64.7 Å². The number of carboxylic acids is 1. The van der Waals surface area contributed by atoms with Gasteiger partial charge in [0.05, 0.1) is 5.41 Å². The summed E-state index contributed by atoms with van der Waals surface area (Å²) < 4.78 is 0. The fourth-order valence-electron chi connectivity index (χ4n) is 3.81. The Balaban J connectivity index is 1.85. The Morgan fingerprint density at radius 3 is 1.96 bits per heavy atom. The Kier molecular flexibility index (Phi) is 6.63. The van der Waals surface area contributed by atoms with Gasteiger partial charge in [0.15, 0.2) is 0 Å². The molecule has 2 aliphatic heterocycles. The Labute approximate surface area is 144 Å². The van der Waals surface area contributed by atoms with Gasteiger partial charge in [0.25, 0.3) is 0 Å². The topological polar surface area (TPSA) is 77.9 Å². The fraction of sp³-hybridized carbons (Fsp3) is 0.833. The van der Waals surface area contributed by atoms with Gasteiger partial charge in [-0.25, -0.2) is 0 Å². The van der Waals surface area contributed by atoms with Crippen molar-refractivity contribution in [3.8, 4) is 0 Å². The number of likely N-dealkylation sites (tertiary alicyclic amines) is 2. The molecule has 0 spiro atoms. The highest BCUT2D eigenvalue weighted by atomic mass is 16.4. The highest BCUT2D eigenvalue weighted by Gasteiger charge is 2.42. The van der Waals surface area contributed by atoms with Crippen LogP contribution in [0.5, 0.6) is 0 Å². The van der Waals surface area contributed by atoms with Gasteiger partial charge in [0.2, 0.25) is 11.8 Å². The predicted octanol–water partition coefficient (Wildman–Crippen LogP) is 2.27. The lowest BCUT2D eigenvalue weighted by Gasteiger charge is -2.39. The molecule has 6 heteroatoms. The van der Waals surface area contributed by atoms with E-state index in [0.717, 1.165) is 25.9 Å². The second kappa shape index (κ2) is 8.49. The Bertz CT molecular complexity index is 472. The van der Waals surface area contributed by atoms with E-state index in [1.54, 1.807) is 4.90 Å². The molecule has 2 saturated heterocycles. The number of hydrogen-bond acceptors (Lipinski definition) is 3. The average Bonchev–Trinajstić information content (AvgIpc) is 2.88. The monoisotopic (exact) mass is 338 g/mol. The average molecular weight is 338 g/mol. The third-order valence-corrected chi connectivity index (χ3v) is 5.57. The van der Waals surface area contributed by atoms with Crippen LogP contribution in [0.3, 0.4) is 0 Å². The van der Waals surface area contributed by atoms with Crippen LogP contribution >= 0.6 is 0 Å². The lowest BCUT2D eigenvalue weighted by atomic mass is 9.77. The molecule has 1 N–H and O–H groups in total. The second-order valence-corrected chi connectivity index (χ2v) is 7.15. The van der Waals surface area contributed by atoms with Gasteiger partial charge in [-0.3, -0.25) is 14.4 Å². The Hall–Kier alpha value is -1.59. The van der Waals surface area contributed by atoms with Crippen LogP contribution in [-0.2, 0) is 14.4 Å². The lowest BCUT2D eigenvalue weighted by molar-refractivity contribution is -0.155. The molecule has 0 aliphatic carbocycles. The van der Waals surface area contributed by atoms with Crippen LogP contribution in [0.2, 0.25) is 0 Å². The molecule has 2 amide bonds. The Morgan fingerprint density at radius 1 is 0.875 bits per heavy atom. The summed E-state index contributed by atoms with van der Waals surface area (Å²) >= 11 is 0. The number of piperidine rings is 1. The standard InChI is InChI=1S/C18H30N2O4/c1-2-18(17(23)24)10-7-13-20(14-18)16(22)9-8-15(21)19-11-5-3-4-6-12-19/h2-14H2,1H3,(H,23,24)/t18-/m0/s1. The molecule has 0 aromatic rings. The molecule has 0 radical (unpaired) electrons. The molecule has 0 saturated carbocycles. The van der Waals surface area contributed by atoms with E-state index in [0.29, 0.717) is 25.8 Å². The number of nitrogens with zero attached hydrogens (tertiary/aromatic N) is 2. The van der Waals surface area contributed by atoms with E-state index in [4.69, 9.17) is 0 Å². The maximum absolute atomic E-state index is 12.4. The van der Waals surface area contributed by atoms with Gasteiger partial charge in [-0.2, -0.15) is 0 Å². The van der Waals surface area contributed by atoms with Crippen molar-refractivity contribution in [1.29, 1.82) is 0 Å².